The van der Waals surface area contributed by atoms with Crippen molar-refractivity contribution in [1.29, 1.82) is 0 Å². The van der Waals surface area contributed by atoms with Crippen molar-refractivity contribution in [2.75, 3.05) is 0 Å². The van der Waals surface area contributed by atoms with E-state index in [2.05, 4.69) is 4.98 Å². The van der Waals surface area contributed by atoms with Gasteiger partial charge in [0.2, 0.25) is 5.28 Å². The number of fused-ring (bicyclic) bond motifs is 1. The molecule has 0 unspecified atom stereocenters. The molecule has 1 aromatic carbocycles. The number of carboxylic acids is 1. The van der Waals surface area contributed by atoms with Crippen LogP contribution in [0.1, 0.15) is 6.42 Å². The molecule has 0 fully saturated rings. The summed E-state index contributed by atoms with van der Waals surface area (Å²) in [5, 5.41) is 9.37. The fraction of sp³-hybridized carbons (Fsp3) is 0.182. The molecule has 1 aromatic heterocycles. The molecule has 0 amide bonds. The van der Waals surface area contributed by atoms with Crippen molar-refractivity contribution >= 4 is 40.1 Å². The Balaban J connectivity index is 2.58. The lowest BCUT2D eigenvalue weighted by Gasteiger charge is -2.07. The molecule has 0 aliphatic heterocycles. The van der Waals surface area contributed by atoms with Crippen LogP contribution in [0.5, 0.6) is 0 Å². The van der Waals surface area contributed by atoms with E-state index in [1.165, 1.54) is 6.07 Å². The molecule has 7 heteroatoms. The predicted molar refractivity (Wildman–Crippen MR) is 68.3 cm³/mol. The molecule has 0 saturated heterocycles. The summed E-state index contributed by atoms with van der Waals surface area (Å²) in [5.41, 5.74) is 0.0204. The first-order valence-corrected chi connectivity index (χ1v) is 5.82. The molecule has 0 aliphatic rings. The van der Waals surface area contributed by atoms with Gasteiger partial charge in [0.1, 0.15) is 0 Å². The van der Waals surface area contributed by atoms with Gasteiger partial charge in [-0.3, -0.25) is 14.2 Å². The maximum atomic E-state index is 12.1. The number of carboxylic acid groups (broad SMARTS) is 1. The number of rotatable bonds is 3. The zero-order chi connectivity index (χ0) is 13.3. The molecule has 0 spiro atoms. The highest BCUT2D eigenvalue weighted by atomic mass is 35.5. The van der Waals surface area contributed by atoms with E-state index in [-0.39, 0.29) is 23.8 Å². The highest BCUT2D eigenvalue weighted by Crippen LogP contribution is 2.17. The Bertz CT molecular complexity index is 682. The van der Waals surface area contributed by atoms with Crippen molar-refractivity contribution in [2.24, 2.45) is 0 Å². The summed E-state index contributed by atoms with van der Waals surface area (Å²) in [6, 6.07) is 4.65. The van der Waals surface area contributed by atoms with Crippen molar-refractivity contribution in [3.63, 3.8) is 0 Å². The Hall–Kier alpha value is -1.59. The van der Waals surface area contributed by atoms with Crippen LogP contribution in [0.15, 0.2) is 23.0 Å². The zero-order valence-electron chi connectivity index (χ0n) is 9.06. The summed E-state index contributed by atoms with van der Waals surface area (Å²) >= 11 is 11.7. The van der Waals surface area contributed by atoms with Gasteiger partial charge in [0.05, 0.1) is 17.3 Å². The van der Waals surface area contributed by atoms with E-state index in [1.54, 1.807) is 12.1 Å². The molecule has 1 heterocycles. The fourth-order valence-electron chi connectivity index (χ4n) is 1.57. The van der Waals surface area contributed by atoms with Crippen molar-refractivity contribution in [3.8, 4) is 0 Å². The third-order valence-electron chi connectivity index (χ3n) is 2.42. The average Bonchev–Trinajstić information content (AvgIpc) is 2.27. The Kier molecular flexibility index (Phi) is 3.54. The number of carbonyl (C=O) groups is 1. The fourth-order valence-corrected chi connectivity index (χ4v) is 1.99. The largest absolute Gasteiger partial charge is 0.481 e. The van der Waals surface area contributed by atoms with Crippen LogP contribution >= 0.6 is 23.2 Å². The molecule has 0 atom stereocenters. The second-order valence-electron chi connectivity index (χ2n) is 3.64. The molecule has 0 saturated carbocycles. The second kappa shape index (κ2) is 4.96. The summed E-state index contributed by atoms with van der Waals surface area (Å²) < 4.78 is 1.13. The summed E-state index contributed by atoms with van der Waals surface area (Å²) in [4.78, 5) is 26.6. The quantitative estimate of drug-likeness (QED) is 0.878. The molecule has 18 heavy (non-hydrogen) atoms. The summed E-state index contributed by atoms with van der Waals surface area (Å²) in [5.74, 6) is -1.01. The van der Waals surface area contributed by atoms with Crippen molar-refractivity contribution in [2.45, 2.75) is 13.0 Å². The van der Waals surface area contributed by atoms with Crippen LogP contribution < -0.4 is 5.56 Å². The Labute approximate surface area is 112 Å². The smallest absolute Gasteiger partial charge is 0.305 e. The highest BCUT2D eigenvalue weighted by molar-refractivity contribution is 6.31. The zero-order valence-corrected chi connectivity index (χ0v) is 10.6. The van der Waals surface area contributed by atoms with Crippen molar-refractivity contribution in [1.82, 2.24) is 9.55 Å². The normalized spacial score (nSPS) is 10.8. The number of benzene rings is 1. The number of hydrogen-bond acceptors (Lipinski definition) is 3. The Morgan fingerprint density at radius 3 is 2.78 bits per heavy atom. The lowest BCUT2D eigenvalue weighted by Crippen LogP contribution is -2.23. The van der Waals surface area contributed by atoms with Gasteiger partial charge in [0, 0.05) is 11.6 Å². The monoisotopic (exact) mass is 286 g/mol. The minimum Gasteiger partial charge on any atom is -0.481 e. The number of nitrogens with zero attached hydrogens (tertiary/aromatic N) is 2. The molecule has 0 aliphatic carbocycles. The predicted octanol–water partition coefficient (Wildman–Crippen LogP) is 2.18. The minimum absolute atomic E-state index is 0.0153. The molecule has 0 radical (unpaired) electrons. The van der Waals surface area contributed by atoms with Crippen LogP contribution in [0.2, 0.25) is 10.3 Å². The second-order valence-corrected chi connectivity index (χ2v) is 4.42. The van der Waals surface area contributed by atoms with Crippen molar-refractivity contribution in [3.05, 3.63) is 38.9 Å². The van der Waals surface area contributed by atoms with Gasteiger partial charge in [-0.1, -0.05) is 11.6 Å². The number of aliphatic carboxylic acids is 1. The topological polar surface area (TPSA) is 72.2 Å². The van der Waals surface area contributed by atoms with Crippen LogP contribution in [0.25, 0.3) is 10.9 Å². The number of halogens is 2. The third-order valence-corrected chi connectivity index (χ3v) is 2.94. The van der Waals surface area contributed by atoms with E-state index >= 15 is 0 Å². The maximum absolute atomic E-state index is 12.1. The standard InChI is InChI=1S/C11H8Cl2N2O3/c12-6-1-2-7-8(5-6)14-11(13)15(10(7)18)4-3-9(16)17/h1-2,5H,3-4H2,(H,16,17). The summed E-state index contributed by atoms with van der Waals surface area (Å²) in [6.07, 6.45) is -0.194. The molecule has 5 nitrogen and oxygen atoms in total. The van der Waals surface area contributed by atoms with E-state index in [0.29, 0.717) is 15.9 Å². The average molecular weight is 287 g/mol. The molecule has 1 N–H and O–H groups in total. The Morgan fingerprint density at radius 2 is 2.11 bits per heavy atom. The molecule has 2 rings (SSSR count). The van der Waals surface area contributed by atoms with Gasteiger partial charge in [0.25, 0.3) is 5.56 Å². The van der Waals surface area contributed by atoms with Gasteiger partial charge in [-0.2, -0.15) is 0 Å². The van der Waals surface area contributed by atoms with Crippen LogP contribution in [0.3, 0.4) is 0 Å². The highest BCUT2D eigenvalue weighted by Gasteiger charge is 2.10. The third kappa shape index (κ3) is 2.47. The molecule has 0 bridgehead atoms. The van der Waals surface area contributed by atoms with Gasteiger partial charge in [-0.05, 0) is 29.8 Å². The maximum Gasteiger partial charge on any atom is 0.305 e. The SMILES string of the molecule is O=C(O)CCn1c(Cl)nc2cc(Cl)ccc2c1=O. The number of aromatic nitrogens is 2. The van der Waals surface area contributed by atoms with Gasteiger partial charge in [-0.25, -0.2) is 4.98 Å². The van der Waals surface area contributed by atoms with E-state index < -0.39 is 5.97 Å². The van der Waals surface area contributed by atoms with Crippen LogP contribution in [-0.4, -0.2) is 20.6 Å². The first-order chi connectivity index (χ1) is 8.49. The molecular formula is C11H8Cl2N2O3. The van der Waals surface area contributed by atoms with Crippen LogP contribution in [0, 0.1) is 0 Å². The molecular weight excluding hydrogens is 279 g/mol. The first-order valence-electron chi connectivity index (χ1n) is 5.06. The Morgan fingerprint density at radius 1 is 1.39 bits per heavy atom. The van der Waals surface area contributed by atoms with Crippen LogP contribution in [0.4, 0.5) is 0 Å². The minimum atomic E-state index is -1.01. The van der Waals surface area contributed by atoms with Gasteiger partial charge < -0.3 is 5.11 Å². The van der Waals surface area contributed by atoms with Crippen LogP contribution in [-0.2, 0) is 11.3 Å². The van der Waals surface area contributed by atoms with Crippen molar-refractivity contribution < 1.29 is 9.90 Å². The summed E-state index contributed by atoms with van der Waals surface area (Å²) in [6.45, 7) is -0.0153. The van der Waals surface area contributed by atoms with E-state index in [9.17, 15) is 9.59 Å². The van der Waals surface area contributed by atoms with Gasteiger partial charge in [0.15, 0.2) is 0 Å². The molecule has 94 valence electrons. The first kappa shape index (κ1) is 12.9. The summed E-state index contributed by atoms with van der Waals surface area (Å²) in [7, 11) is 0. The molecule has 2 aromatic rings. The van der Waals surface area contributed by atoms with Gasteiger partial charge >= 0.3 is 5.97 Å². The van der Waals surface area contributed by atoms with E-state index in [1.807, 2.05) is 0 Å². The lowest BCUT2D eigenvalue weighted by molar-refractivity contribution is -0.137. The number of hydrogen-bond donors (Lipinski definition) is 1. The lowest BCUT2D eigenvalue weighted by atomic mass is 10.2. The van der Waals surface area contributed by atoms with Gasteiger partial charge in [-0.15, -0.1) is 0 Å². The van der Waals surface area contributed by atoms with E-state index in [0.717, 1.165) is 4.57 Å². The van der Waals surface area contributed by atoms with E-state index in [4.69, 9.17) is 28.3 Å².